The molecule has 28 heavy (non-hydrogen) atoms. The normalized spacial score (nSPS) is 10.9. The topological polar surface area (TPSA) is 90.8 Å². The summed E-state index contributed by atoms with van der Waals surface area (Å²) in [5, 5.41) is 19.2. The quantitative estimate of drug-likeness (QED) is 0.491. The molecule has 1 aromatic heterocycles. The number of hydrogen-bond donors (Lipinski definition) is 2. The van der Waals surface area contributed by atoms with Crippen LogP contribution in [0.1, 0.15) is 11.1 Å². The Balaban J connectivity index is 1.73. The predicted octanol–water partition coefficient (Wildman–Crippen LogP) is 3.35. The number of nitriles is 1. The molecule has 6 nitrogen and oxygen atoms in total. The van der Waals surface area contributed by atoms with Crippen molar-refractivity contribution in [1.29, 1.82) is 5.26 Å². The van der Waals surface area contributed by atoms with Crippen molar-refractivity contribution in [3.63, 3.8) is 0 Å². The summed E-state index contributed by atoms with van der Waals surface area (Å²) in [6.07, 6.45) is 3.83. The Hall–Kier alpha value is -3.85. The Morgan fingerprint density at radius 3 is 2.82 bits per heavy atom. The first-order valence-corrected chi connectivity index (χ1v) is 8.83. The highest BCUT2D eigenvalue weighted by Gasteiger charge is 2.12. The van der Waals surface area contributed by atoms with Gasteiger partial charge < -0.3 is 10.1 Å². The number of ether oxygens (including phenoxy) is 1. The second-order valence-corrected chi connectivity index (χ2v) is 6.09. The zero-order valence-electron chi connectivity index (χ0n) is 15.5. The van der Waals surface area contributed by atoms with Gasteiger partial charge in [-0.15, -0.1) is 0 Å². The van der Waals surface area contributed by atoms with Gasteiger partial charge in [0, 0.05) is 17.7 Å². The van der Waals surface area contributed by atoms with Crippen LogP contribution in [0, 0.1) is 11.3 Å². The van der Waals surface area contributed by atoms with Crippen molar-refractivity contribution in [2.45, 2.75) is 6.42 Å². The van der Waals surface area contributed by atoms with Gasteiger partial charge >= 0.3 is 0 Å². The maximum absolute atomic E-state index is 12.4. The number of carbonyl (C=O) groups is 1. The number of carbonyl (C=O) groups excluding carboxylic acids is 1. The lowest BCUT2D eigenvalue weighted by Crippen LogP contribution is -2.26. The van der Waals surface area contributed by atoms with E-state index in [0.29, 0.717) is 30.0 Å². The average Bonchev–Trinajstić information content (AvgIpc) is 3.21. The summed E-state index contributed by atoms with van der Waals surface area (Å²) >= 11 is 0. The van der Waals surface area contributed by atoms with Crippen LogP contribution in [-0.4, -0.2) is 29.8 Å². The summed E-state index contributed by atoms with van der Waals surface area (Å²) < 4.78 is 5.25. The third-order valence-electron chi connectivity index (χ3n) is 4.23. The molecule has 0 aliphatic heterocycles. The summed E-state index contributed by atoms with van der Waals surface area (Å²) in [5.41, 5.74) is 3.37. The highest BCUT2D eigenvalue weighted by Crippen LogP contribution is 2.26. The minimum Gasteiger partial charge on any atom is -0.497 e. The number of hydrogen-bond acceptors (Lipinski definition) is 4. The fraction of sp³-hybridized carbons (Fsp3) is 0.136. The zero-order valence-corrected chi connectivity index (χ0v) is 15.5. The number of nitrogens with zero attached hydrogens (tertiary/aromatic N) is 2. The van der Waals surface area contributed by atoms with Gasteiger partial charge in [-0.3, -0.25) is 9.89 Å². The van der Waals surface area contributed by atoms with E-state index in [9.17, 15) is 10.1 Å². The molecule has 0 unspecified atom stereocenters. The Morgan fingerprint density at radius 1 is 1.25 bits per heavy atom. The van der Waals surface area contributed by atoms with E-state index in [0.717, 1.165) is 11.1 Å². The number of aromatic nitrogens is 2. The summed E-state index contributed by atoms with van der Waals surface area (Å²) in [4.78, 5) is 12.4. The maximum atomic E-state index is 12.4. The van der Waals surface area contributed by atoms with Crippen molar-refractivity contribution < 1.29 is 9.53 Å². The molecule has 2 aromatic carbocycles. The van der Waals surface area contributed by atoms with E-state index in [1.165, 1.54) is 6.08 Å². The summed E-state index contributed by atoms with van der Waals surface area (Å²) in [6.45, 7) is 0.454. The van der Waals surface area contributed by atoms with E-state index in [-0.39, 0.29) is 5.57 Å². The van der Waals surface area contributed by atoms with Gasteiger partial charge in [0.05, 0.1) is 19.0 Å². The highest BCUT2D eigenvalue weighted by molar-refractivity contribution is 6.02. The molecule has 2 N–H and O–H groups in total. The van der Waals surface area contributed by atoms with Gasteiger partial charge in [-0.25, -0.2) is 0 Å². The van der Waals surface area contributed by atoms with Crippen LogP contribution in [0.15, 0.2) is 66.4 Å². The van der Waals surface area contributed by atoms with Crippen LogP contribution in [0.25, 0.3) is 17.3 Å². The minimum absolute atomic E-state index is 0.0265. The molecule has 0 saturated carbocycles. The van der Waals surface area contributed by atoms with E-state index in [1.807, 2.05) is 60.7 Å². The largest absolute Gasteiger partial charge is 0.497 e. The third kappa shape index (κ3) is 4.65. The van der Waals surface area contributed by atoms with Gasteiger partial charge in [0.2, 0.25) is 0 Å². The Kier molecular flexibility index (Phi) is 6.21. The van der Waals surface area contributed by atoms with Crippen molar-refractivity contribution in [2.24, 2.45) is 0 Å². The molecular weight excluding hydrogens is 352 g/mol. The van der Waals surface area contributed by atoms with E-state index >= 15 is 0 Å². The van der Waals surface area contributed by atoms with Gasteiger partial charge in [0.1, 0.15) is 17.4 Å². The first kappa shape index (κ1) is 18.9. The number of methoxy groups -OCH3 is 1. The molecule has 1 amide bonds. The lowest BCUT2D eigenvalue weighted by atomic mass is 10.1. The molecule has 1 heterocycles. The molecule has 0 radical (unpaired) electrons. The van der Waals surface area contributed by atoms with Crippen LogP contribution in [0.2, 0.25) is 0 Å². The van der Waals surface area contributed by atoms with E-state index in [1.54, 1.807) is 13.3 Å². The summed E-state index contributed by atoms with van der Waals surface area (Å²) in [6, 6.07) is 19.3. The molecule has 0 aliphatic rings. The molecule has 0 saturated heterocycles. The summed E-state index contributed by atoms with van der Waals surface area (Å²) in [5.74, 6) is 0.303. The van der Waals surface area contributed by atoms with E-state index < -0.39 is 5.91 Å². The smallest absolute Gasteiger partial charge is 0.261 e. The van der Waals surface area contributed by atoms with Crippen LogP contribution in [0.3, 0.4) is 0 Å². The van der Waals surface area contributed by atoms with Crippen LogP contribution in [0.5, 0.6) is 5.75 Å². The first-order chi connectivity index (χ1) is 13.7. The maximum Gasteiger partial charge on any atom is 0.261 e. The van der Waals surface area contributed by atoms with Crippen molar-refractivity contribution in [3.8, 4) is 23.1 Å². The molecule has 0 atom stereocenters. The minimum atomic E-state index is -0.406. The molecular formula is C22H20N4O2. The van der Waals surface area contributed by atoms with Crippen LogP contribution in [-0.2, 0) is 11.2 Å². The van der Waals surface area contributed by atoms with Gasteiger partial charge in [-0.2, -0.15) is 10.4 Å². The molecule has 0 spiro atoms. The van der Waals surface area contributed by atoms with Crippen molar-refractivity contribution in [1.82, 2.24) is 15.5 Å². The lowest BCUT2D eigenvalue weighted by molar-refractivity contribution is -0.117. The first-order valence-electron chi connectivity index (χ1n) is 8.83. The number of aromatic amines is 1. The zero-order chi connectivity index (χ0) is 19.8. The predicted molar refractivity (Wildman–Crippen MR) is 107 cm³/mol. The molecule has 0 bridgehead atoms. The number of rotatable bonds is 7. The van der Waals surface area contributed by atoms with Crippen molar-refractivity contribution in [3.05, 3.63) is 77.5 Å². The molecule has 0 fully saturated rings. The number of nitrogens with one attached hydrogen (secondary N) is 2. The van der Waals surface area contributed by atoms with E-state index in [2.05, 4.69) is 15.5 Å². The van der Waals surface area contributed by atoms with Gasteiger partial charge in [-0.05, 0) is 30.2 Å². The molecule has 6 heteroatoms. The monoisotopic (exact) mass is 372 g/mol. The van der Waals surface area contributed by atoms with Crippen molar-refractivity contribution >= 4 is 12.0 Å². The lowest BCUT2D eigenvalue weighted by Gasteiger charge is -2.06. The second-order valence-electron chi connectivity index (χ2n) is 6.09. The Bertz CT molecular complexity index is 1020. The van der Waals surface area contributed by atoms with Gasteiger partial charge in [0.25, 0.3) is 5.91 Å². The Labute approximate surface area is 163 Å². The van der Waals surface area contributed by atoms with E-state index in [4.69, 9.17) is 4.74 Å². The second kappa shape index (κ2) is 9.19. The fourth-order valence-corrected chi connectivity index (χ4v) is 2.78. The molecule has 140 valence electrons. The molecule has 0 aliphatic carbocycles. The standard InChI is InChI=1S/C22H20N4O2/c1-28-20-9-5-8-17(13-20)21-19(15-25-26-21)12-18(14-23)22(27)24-11-10-16-6-3-2-4-7-16/h2-9,12-13,15H,10-11H2,1H3,(H,24,27)(H,25,26). The van der Waals surface area contributed by atoms with Crippen LogP contribution >= 0.6 is 0 Å². The number of H-pyrrole nitrogens is 1. The highest BCUT2D eigenvalue weighted by atomic mass is 16.5. The Morgan fingerprint density at radius 2 is 2.07 bits per heavy atom. The SMILES string of the molecule is COc1cccc(-c2[nH]ncc2C=C(C#N)C(=O)NCCc2ccccc2)c1. The van der Waals surface area contributed by atoms with Gasteiger partial charge in [-0.1, -0.05) is 42.5 Å². The third-order valence-corrected chi connectivity index (χ3v) is 4.23. The van der Waals surface area contributed by atoms with Gasteiger partial charge in [0.15, 0.2) is 0 Å². The molecule has 3 aromatic rings. The fourth-order valence-electron chi connectivity index (χ4n) is 2.78. The van der Waals surface area contributed by atoms with Crippen molar-refractivity contribution in [2.75, 3.05) is 13.7 Å². The average molecular weight is 372 g/mol. The number of amides is 1. The number of benzene rings is 2. The van der Waals surface area contributed by atoms with Crippen LogP contribution in [0.4, 0.5) is 0 Å². The van der Waals surface area contributed by atoms with Crippen LogP contribution < -0.4 is 10.1 Å². The molecule has 3 rings (SSSR count). The summed E-state index contributed by atoms with van der Waals surface area (Å²) in [7, 11) is 1.60.